The number of hydrogen-bond acceptors (Lipinski definition) is 4. The molecule has 0 heterocycles. The molecule has 1 unspecified atom stereocenters. The monoisotopic (exact) mass is 270 g/mol. The van der Waals surface area contributed by atoms with Gasteiger partial charge < -0.3 is 4.74 Å². The fraction of sp³-hybridized carbons (Fsp3) is 0.417. The first-order chi connectivity index (χ1) is 8.27. The lowest BCUT2D eigenvalue weighted by molar-refractivity contribution is 0.0571. The quantitative estimate of drug-likeness (QED) is 0.898. The Kier molecular flexibility index (Phi) is 4.34. The minimum absolute atomic E-state index is 0.443. The molecule has 5 nitrogen and oxygen atoms in total. The Morgan fingerprint density at radius 3 is 2.28 bits per heavy atom. The summed E-state index contributed by atoms with van der Waals surface area (Å²) >= 11 is 0. The molecule has 0 aliphatic heterocycles. The fourth-order valence-corrected chi connectivity index (χ4v) is 2.44. The van der Waals surface area contributed by atoms with Gasteiger partial charge in [-0.2, -0.15) is 0 Å². The summed E-state index contributed by atoms with van der Waals surface area (Å²) in [6, 6.07) is 8.56. The van der Waals surface area contributed by atoms with Crippen LogP contribution in [0.3, 0.4) is 0 Å². The average Bonchev–Trinajstić information content (AvgIpc) is 2.27. The van der Waals surface area contributed by atoms with Crippen molar-refractivity contribution < 1.29 is 13.7 Å². The second-order valence-electron chi connectivity index (χ2n) is 4.63. The van der Waals surface area contributed by atoms with Crippen LogP contribution in [0.15, 0.2) is 39.6 Å². The highest BCUT2D eigenvalue weighted by molar-refractivity contribution is 7.92. The summed E-state index contributed by atoms with van der Waals surface area (Å²) in [5, 5.41) is 0. The SMILES string of the molecule is CN=S(=O)(NC(=O)OC(C)(C)C)c1ccccc1. The standard InChI is InChI=1S/C12H18N2O3S/c1-12(2,3)17-11(15)14-18(16,13-4)10-8-6-5-7-9-10/h5-9H,1-4H3,(H,13,14,15,16). The summed E-state index contributed by atoms with van der Waals surface area (Å²) in [6.07, 6.45) is -0.748. The topological polar surface area (TPSA) is 67.8 Å². The highest BCUT2D eigenvalue weighted by atomic mass is 32.2. The van der Waals surface area contributed by atoms with Crippen molar-refractivity contribution in [3.63, 3.8) is 0 Å². The number of rotatable bonds is 2. The molecule has 0 aromatic heterocycles. The Balaban J connectivity index is 2.94. The molecule has 18 heavy (non-hydrogen) atoms. The Bertz CT molecular complexity index is 526. The zero-order valence-corrected chi connectivity index (χ0v) is 11.8. The van der Waals surface area contributed by atoms with E-state index in [1.165, 1.54) is 7.05 Å². The van der Waals surface area contributed by atoms with Gasteiger partial charge in [-0.3, -0.25) is 0 Å². The molecular formula is C12H18N2O3S. The first-order valence-corrected chi connectivity index (χ1v) is 6.99. The molecule has 0 saturated carbocycles. The number of amides is 1. The van der Waals surface area contributed by atoms with E-state index in [-0.39, 0.29) is 0 Å². The summed E-state index contributed by atoms with van der Waals surface area (Å²) < 4.78 is 23.6. The summed E-state index contributed by atoms with van der Waals surface area (Å²) in [7, 11) is -1.58. The number of benzene rings is 1. The zero-order chi connectivity index (χ0) is 13.8. The van der Waals surface area contributed by atoms with Crippen LogP contribution in [0.1, 0.15) is 20.8 Å². The van der Waals surface area contributed by atoms with E-state index in [1.54, 1.807) is 51.1 Å². The summed E-state index contributed by atoms with van der Waals surface area (Å²) in [5.74, 6) is 0. The van der Waals surface area contributed by atoms with E-state index in [0.717, 1.165) is 0 Å². The van der Waals surface area contributed by atoms with Crippen LogP contribution in [-0.2, 0) is 14.7 Å². The third-order valence-corrected chi connectivity index (χ3v) is 3.81. The second kappa shape index (κ2) is 5.39. The van der Waals surface area contributed by atoms with Gasteiger partial charge in [0.05, 0.1) is 4.90 Å². The van der Waals surface area contributed by atoms with Gasteiger partial charge in [0.2, 0.25) is 0 Å². The van der Waals surface area contributed by atoms with E-state index in [1.807, 2.05) is 0 Å². The maximum Gasteiger partial charge on any atom is 0.420 e. The van der Waals surface area contributed by atoms with E-state index in [2.05, 4.69) is 9.08 Å². The highest BCUT2D eigenvalue weighted by Gasteiger charge is 2.21. The van der Waals surface area contributed by atoms with Gasteiger partial charge in [-0.05, 0) is 32.9 Å². The molecule has 0 bridgehead atoms. The second-order valence-corrected chi connectivity index (χ2v) is 6.72. The van der Waals surface area contributed by atoms with Crippen molar-refractivity contribution in [3.05, 3.63) is 30.3 Å². The van der Waals surface area contributed by atoms with Crippen LogP contribution in [0.2, 0.25) is 0 Å². The summed E-state index contributed by atoms with van der Waals surface area (Å²) in [4.78, 5) is 12.1. The van der Waals surface area contributed by atoms with Crippen molar-refractivity contribution in [2.45, 2.75) is 31.3 Å². The smallest absolute Gasteiger partial charge is 0.420 e. The largest absolute Gasteiger partial charge is 0.443 e. The van der Waals surface area contributed by atoms with E-state index < -0.39 is 21.6 Å². The predicted molar refractivity (Wildman–Crippen MR) is 70.6 cm³/mol. The third-order valence-electron chi connectivity index (χ3n) is 1.94. The lowest BCUT2D eigenvalue weighted by Gasteiger charge is -2.20. The minimum atomic E-state index is -2.98. The molecule has 1 aromatic carbocycles. The van der Waals surface area contributed by atoms with Crippen LogP contribution in [0.5, 0.6) is 0 Å². The van der Waals surface area contributed by atoms with E-state index in [9.17, 15) is 9.00 Å². The molecule has 1 rings (SSSR count). The number of nitrogens with zero attached hydrogens (tertiary/aromatic N) is 1. The van der Waals surface area contributed by atoms with Crippen molar-refractivity contribution in [1.82, 2.24) is 4.72 Å². The van der Waals surface area contributed by atoms with E-state index >= 15 is 0 Å². The van der Waals surface area contributed by atoms with Gasteiger partial charge in [0.1, 0.15) is 5.60 Å². The molecule has 0 fully saturated rings. The van der Waals surface area contributed by atoms with Crippen molar-refractivity contribution in [1.29, 1.82) is 0 Å². The van der Waals surface area contributed by atoms with Gasteiger partial charge in [-0.25, -0.2) is 18.1 Å². The van der Waals surface area contributed by atoms with Crippen molar-refractivity contribution >= 4 is 16.0 Å². The zero-order valence-electron chi connectivity index (χ0n) is 11.0. The van der Waals surface area contributed by atoms with Crippen molar-refractivity contribution in [3.8, 4) is 0 Å². The Morgan fingerprint density at radius 2 is 1.83 bits per heavy atom. The maximum atomic E-state index is 12.5. The molecule has 100 valence electrons. The highest BCUT2D eigenvalue weighted by Crippen LogP contribution is 2.12. The normalized spacial score (nSPS) is 14.4. The number of ether oxygens (including phenoxy) is 1. The third kappa shape index (κ3) is 4.03. The average molecular weight is 270 g/mol. The molecule has 1 atom stereocenters. The Labute approximate surface area is 108 Å². The fourth-order valence-electron chi connectivity index (χ4n) is 1.23. The summed E-state index contributed by atoms with van der Waals surface area (Å²) in [6.45, 7) is 5.21. The molecule has 0 aliphatic rings. The lowest BCUT2D eigenvalue weighted by Crippen LogP contribution is -2.36. The molecule has 0 aliphatic carbocycles. The van der Waals surface area contributed by atoms with Crippen LogP contribution in [0, 0.1) is 0 Å². The minimum Gasteiger partial charge on any atom is -0.443 e. The van der Waals surface area contributed by atoms with Crippen molar-refractivity contribution in [2.75, 3.05) is 7.05 Å². The van der Waals surface area contributed by atoms with Crippen LogP contribution in [0.4, 0.5) is 4.79 Å². The van der Waals surface area contributed by atoms with Gasteiger partial charge in [-0.15, -0.1) is 0 Å². The van der Waals surface area contributed by atoms with Crippen LogP contribution in [-0.4, -0.2) is 23.0 Å². The van der Waals surface area contributed by atoms with Gasteiger partial charge in [0, 0.05) is 7.05 Å². The number of hydrogen-bond donors (Lipinski definition) is 1. The molecule has 6 heteroatoms. The van der Waals surface area contributed by atoms with Gasteiger partial charge in [0.25, 0.3) is 0 Å². The molecule has 0 saturated heterocycles. The Morgan fingerprint density at radius 1 is 1.28 bits per heavy atom. The van der Waals surface area contributed by atoms with E-state index in [4.69, 9.17) is 4.74 Å². The van der Waals surface area contributed by atoms with Crippen LogP contribution >= 0.6 is 0 Å². The Hall–Kier alpha value is -1.56. The molecule has 1 aromatic rings. The predicted octanol–water partition coefficient (Wildman–Crippen LogP) is 2.58. The first kappa shape index (κ1) is 14.5. The number of carbonyl (C=O) groups excluding carboxylic acids is 1. The van der Waals surface area contributed by atoms with Gasteiger partial charge in [0.15, 0.2) is 9.92 Å². The summed E-state index contributed by atoms with van der Waals surface area (Å²) in [5.41, 5.74) is -0.644. The van der Waals surface area contributed by atoms with Crippen LogP contribution < -0.4 is 4.72 Å². The lowest BCUT2D eigenvalue weighted by atomic mass is 10.2. The van der Waals surface area contributed by atoms with E-state index in [0.29, 0.717) is 4.90 Å². The molecule has 0 radical (unpaired) electrons. The molecule has 1 N–H and O–H groups in total. The van der Waals surface area contributed by atoms with Gasteiger partial charge in [-0.1, -0.05) is 18.2 Å². The molecule has 1 amide bonds. The first-order valence-electron chi connectivity index (χ1n) is 5.48. The van der Waals surface area contributed by atoms with Crippen LogP contribution in [0.25, 0.3) is 0 Å². The molecular weight excluding hydrogens is 252 g/mol. The number of nitrogens with one attached hydrogen (secondary N) is 1. The number of carbonyl (C=O) groups is 1. The van der Waals surface area contributed by atoms with Crippen molar-refractivity contribution in [2.24, 2.45) is 4.36 Å². The molecule has 0 spiro atoms. The van der Waals surface area contributed by atoms with Gasteiger partial charge >= 0.3 is 6.09 Å². The maximum absolute atomic E-state index is 12.5.